The molecule has 0 saturated heterocycles. The van der Waals surface area contributed by atoms with Crippen LogP contribution in [0.3, 0.4) is 0 Å². The minimum Gasteiger partial charge on any atom is -0.352 e. The first kappa shape index (κ1) is 15.4. The zero-order valence-electron chi connectivity index (χ0n) is 11.8. The lowest BCUT2D eigenvalue weighted by atomic mass is 9.99. The van der Waals surface area contributed by atoms with Gasteiger partial charge >= 0.3 is 0 Å². The summed E-state index contributed by atoms with van der Waals surface area (Å²) < 4.78 is 0. The third-order valence-electron chi connectivity index (χ3n) is 3.38. The van der Waals surface area contributed by atoms with Gasteiger partial charge in [0.15, 0.2) is 0 Å². The van der Waals surface area contributed by atoms with Gasteiger partial charge in [-0.05, 0) is 24.5 Å². The Bertz CT molecular complexity index is 415. The molecule has 0 radical (unpaired) electrons. The maximum atomic E-state index is 12.0. The molecule has 1 aromatic rings. The molecule has 1 N–H and O–H groups in total. The molecule has 1 atom stereocenters. The summed E-state index contributed by atoms with van der Waals surface area (Å²) in [6.45, 7) is 5.04. The fourth-order valence-electron chi connectivity index (χ4n) is 2.04. The molecule has 0 saturated carbocycles. The number of aldehydes is 1. The Morgan fingerprint density at radius 1 is 1.37 bits per heavy atom. The monoisotopic (exact) mass is 261 g/mol. The van der Waals surface area contributed by atoms with Crippen molar-refractivity contribution in [2.45, 2.75) is 39.5 Å². The predicted octanol–water partition coefficient (Wildman–Crippen LogP) is 3.45. The number of hydrogen-bond donors (Lipinski definition) is 1. The number of benzene rings is 1. The third-order valence-corrected chi connectivity index (χ3v) is 3.38. The molecule has 0 aliphatic heterocycles. The van der Waals surface area contributed by atoms with Crippen LogP contribution >= 0.6 is 0 Å². The van der Waals surface area contributed by atoms with E-state index in [1.807, 2.05) is 0 Å². The minimum atomic E-state index is -0.0985. The smallest absolute Gasteiger partial charge is 0.251 e. The molecule has 3 heteroatoms. The van der Waals surface area contributed by atoms with Crippen LogP contribution < -0.4 is 5.32 Å². The number of nitrogens with one attached hydrogen (secondary N) is 1. The number of amides is 1. The fourth-order valence-corrected chi connectivity index (χ4v) is 2.04. The van der Waals surface area contributed by atoms with E-state index < -0.39 is 0 Å². The summed E-state index contributed by atoms with van der Waals surface area (Å²) in [6, 6.07) is 6.78. The quantitative estimate of drug-likeness (QED) is 0.729. The summed E-state index contributed by atoms with van der Waals surface area (Å²) in [4.78, 5) is 22.7. The molecule has 0 aliphatic carbocycles. The molecule has 1 aromatic carbocycles. The van der Waals surface area contributed by atoms with Crippen molar-refractivity contribution in [1.82, 2.24) is 5.32 Å². The summed E-state index contributed by atoms with van der Waals surface area (Å²) in [7, 11) is 0. The molecule has 0 heterocycles. The highest BCUT2D eigenvalue weighted by Crippen LogP contribution is 2.11. The van der Waals surface area contributed by atoms with Crippen molar-refractivity contribution in [2.75, 3.05) is 6.54 Å². The lowest BCUT2D eigenvalue weighted by Gasteiger charge is -2.15. The molecule has 0 aromatic heterocycles. The molecule has 19 heavy (non-hydrogen) atoms. The molecule has 0 spiro atoms. The van der Waals surface area contributed by atoms with E-state index in [2.05, 4.69) is 19.2 Å². The average molecular weight is 261 g/mol. The Labute approximate surface area is 115 Å². The lowest BCUT2D eigenvalue weighted by Crippen LogP contribution is -2.29. The normalized spacial score (nSPS) is 11.9. The molecule has 1 amide bonds. The number of carbonyl (C=O) groups is 2. The van der Waals surface area contributed by atoms with Crippen LogP contribution in [0.1, 0.15) is 60.2 Å². The summed E-state index contributed by atoms with van der Waals surface area (Å²) in [6.07, 6.45) is 5.38. The van der Waals surface area contributed by atoms with Crippen LogP contribution in [0.2, 0.25) is 0 Å². The second kappa shape index (κ2) is 8.46. The van der Waals surface area contributed by atoms with E-state index in [1.165, 1.54) is 12.8 Å². The molecule has 1 unspecified atom stereocenters. The second-order valence-electron chi connectivity index (χ2n) is 4.87. The maximum Gasteiger partial charge on any atom is 0.251 e. The largest absolute Gasteiger partial charge is 0.352 e. The summed E-state index contributed by atoms with van der Waals surface area (Å²) in [5.41, 5.74) is 1.08. The van der Waals surface area contributed by atoms with Crippen molar-refractivity contribution in [2.24, 2.45) is 5.92 Å². The molecule has 1 rings (SSSR count). The van der Waals surface area contributed by atoms with E-state index in [0.717, 1.165) is 19.1 Å². The highest BCUT2D eigenvalue weighted by molar-refractivity contribution is 5.95. The minimum absolute atomic E-state index is 0.0985. The Morgan fingerprint density at radius 2 is 2.16 bits per heavy atom. The molecule has 3 nitrogen and oxygen atoms in total. The molecule has 104 valence electrons. The Morgan fingerprint density at radius 3 is 2.79 bits per heavy atom. The van der Waals surface area contributed by atoms with Crippen molar-refractivity contribution in [3.05, 3.63) is 35.4 Å². The SMILES string of the molecule is CCCCC(CC)CNC(=O)c1cccc(C=O)c1. The van der Waals surface area contributed by atoms with Gasteiger partial charge in [0.2, 0.25) is 0 Å². The molecule has 0 aliphatic rings. The second-order valence-corrected chi connectivity index (χ2v) is 4.87. The summed E-state index contributed by atoms with van der Waals surface area (Å²) in [5, 5.41) is 2.96. The Hall–Kier alpha value is -1.64. The van der Waals surface area contributed by atoms with Gasteiger partial charge in [-0.2, -0.15) is 0 Å². The number of unbranched alkanes of at least 4 members (excludes halogenated alkanes) is 1. The van der Waals surface area contributed by atoms with Crippen molar-refractivity contribution in [3.8, 4) is 0 Å². The van der Waals surface area contributed by atoms with Crippen LogP contribution in [-0.4, -0.2) is 18.7 Å². The van der Waals surface area contributed by atoms with Crippen molar-refractivity contribution in [3.63, 3.8) is 0 Å². The van der Waals surface area contributed by atoms with Crippen LogP contribution in [-0.2, 0) is 0 Å². The molecular weight excluding hydrogens is 238 g/mol. The highest BCUT2D eigenvalue weighted by Gasteiger charge is 2.10. The Kier molecular flexibility index (Phi) is 6.86. The number of carbonyl (C=O) groups excluding carboxylic acids is 2. The van der Waals surface area contributed by atoms with E-state index >= 15 is 0 Å². The maximum absolute atomic E-state index is 12.0. The van der Waals surface area contributed by atoms with Gasteiger partial charge in [0.1, 0.15) is 6.29 Å². The van der Waals surface area contributed by atoms with Crippen molar-refractivity contribution >= 4 is 12.2 Å². The van der Waals surface area contributed by atoms with E-state index in [9.17, 15) is 9.59 Å². The summed E-state index contributed by atoms with van der Waals surface area (Å²) in [5.74, 6) is 0.441. The standard InChI is InChI=1S/C16H23NO2/c1-3-5-7-13(4-2)11-17-16(19)15-9-6-8-14(10-15)12-18/h6,8-10,12-13H,3-5,7,11H2,1-2H3,(H,17,19). The van der Waals surface area contributed by atoms with Gasteiger partial charge in [0, 0.05) is 17.7 Å². The first-order valence-electron chi connectivity index (χ1n) is 7.04. The number of hydrogen-bond acceptors (Lipinski definition) is 2. The van der Waals surface area contributed by atoms with E-state index in [-0.39, 0.29) is 5.91 Å². The highest BCUT2D eigenvalue weighted by atomic mass is 16.1. The van der Waals surface area contributed by atoms with Crippen LogP contribution in [0.4, 0.5) is 0 Å². The van der Waals surface area contributed by atoms with E-state index in [0.29, 0.717) is 23.6 Å². The van der Waals surface area contributed by atoms with Gasteiger partial charge in [0.25, 0.3) is 5.91 Å². The van der Waals surface area contributed by atoms with Gasteiger partial charge < -0.3 is 5.32 Å². The zero-order chi connectivity index (χ0) is 14.1. The van der Waals surface area contributed by atoms with Crippen LogP contribution in [0.25, 0.3) is 0 Å². The van der Waals surface area contributed by atoms with E-state index in [4.69, 9.17) is 0 Å². The van der Waals surface area contributed by atoms with Crippen molar-refractivity contribution < 1.29 is 9.59 Å². The first-order chi connectivity index (χ1) is 9.21. The Balaban J connectivity index is 2.51. The topological polar surface area (TPSA) is 46.2 Å². The first-order valence-corrected chi connectivity index (χ1v) is 7.04. The zero-order valence-corrected chi connectivity index (χ0v) is 11.8. The van der Waals surface area contributed by atoms with Gasteiger partial charge in [-0.25, -0.2) is 0 Å². The number of rotatable bonds is 8. The molecule has 0 fully saturated rings. The molecular formula is C16H23NO2. The fraction of sp³-hybridized carbons (Fsp3) is 0.500. The molecule has 0 bridgehead atoms. The van der Waals surface area contributed by atoms with Crippen LogP contribution in [0.5, 0.6) is 0 Å². The average Bonchev–Trinajstić information content (AvgIpc) is 2.47. The van der Waals surface area contributed by atoms with Gasteiger partial charge in [-0.3, -0.25) is 9.59 Å². The van der Waals surface area contributed by atoms with E-state index in [1.54, 1.807) is 24.3 Å². The summed E-state index contributed by atoms with van der Waals surface area (Å²) >= 11 is 0. The van der Waals surface area contributed by atoms with Gasteiger partial charge in [0.05, 0.1) is 0 Å². The lowest BCUT2D eigenvalue weighted by molar-refractivity contribution is 0.0946. The van der Waals surface area contributed by atoms with Gasteiger partial charge in [-0.1, -0.05) is 45.2 Å². The van der Waals surface area contributed by atoms with Crippen LogP contribution in [0, 0.1) is 5.92 Å². The van der Waals surface area contributed by atoms with Crippen LogP contribution in [0.15, 0.2) is 24.3 Å². The van der Waals surface area contributed by atoms with Crippen molar-refractivity contribution in [1.29, 1.82) is 0 Å². The predicted molar refractivity (Wildman–Crippen MR) is 77.5 cm³/mol. The third kappa shape index (κ3) is 5.25. The van der Waals surface area contributed by atoms with Gasteiger partial charge in [-0.15, -0.1) is 0 Å².